The number of hydrogen-bond donors (Lipinski definition) is 2. The van der Waals surface area contributed by atoms with E-state index in [1.165, 1.54) is 12.2 Å². The minimum Gasteiger partial charge on any atom is -0.481 e. The Bertz CT molecular complexity index is 138. The van der Waals surface area contributed by atoms with E-state index >= 15 is 0 Å². The molecule has 2 unspecified atom stereocenters. The van der Waals surface area contributed by atoms with Crippen LogP contribution in [0.3, 0.4) is 0 Å². The second-order valence-electron chi connectivity index (χ2n) is 2.25. The largest absolute Gasteiger partial charge is 0.481 e. The summed E-state index contributed by atoms with van der Waals surface area (Å²) < 4.78 is 0. The second-order valence-corrected chi connectivity index (χ2v) is 2.25. The smallest absolute Gasteiger partial charge is 0.310 e. The fourth-order valence-corrected chi connectivity index (χ4v) is 0.410. The average molecular weight is 144 g/mol. The summed E-state index contributed by atoms with van der Waals surface area (Å²) in [6.07, 6.45) is 2.35. The molecule has 0 aliphatic carbocycles. The molecule has 0 radical (unpaired) electrons. The summed E-state index contributed by atoms with van der Waals surface area (Å²) in [6, 6.07) is 0. The van der Waals surface area contributed by atoms with Gasteiger partial charge in [-0.25, -0.2) is 0 Å². The van der Waals surface area contributed by atoms with E-state index in [2.05, 4.69) is 0 Å². The Morgan fingerprint density at radius 1 is 1.40 bits per heavy atom. The minimum atomic E-state index is -0.878. The van der Waals surface area contributed by atoms with E-state index in [9.17, 15) is 4.79 Å². The van der Waals surface area contributed by atoms with Gasteiger partial charge in [-0.3, -0.25) is 4.79 Å². The van der Waals surface area contributed by atoms with Crippen LogP contribution >= 0.6 is 0 Å². The van der Waals surface area contributed by atoms with Gasteiger partial charge in [0.15, 0.2) is 0 Å². The number of aliphatic carboxylic acids is 1. The van der Waals surface area contributed by atoms with E-state index in [1.807, 2.05) is 0 Å². The first-order valence-corrected chi connectivity index (χ1v) is 3.13. The Morgan fingerprint density at radius 2 is 1.90 bits per heavy atom. The molecule has 0 amide bonds. The molecule has 0 heterocycles. The molecule has 0 bridgehead atoms. The first kappa shape index (κ1) is 9.17. The van der Waals surface area contributed by atoms with Gasteiger partial charge in [-0.1, -0.05) is 12.2 Å². The van der Waals surface area contributed by atoms with Gasteiger partial charge in [-0.2, -0.15) is 0 Å². The monoisotopic (exact) mass is 144 g/mol. The van der Waals surface area contributed by atoms with Gasteiger partial charge < -0.3 is 10.2 Å². The van der Waals surface area contributed by atoms with Gasteiger partial charge in [-0.15, -0.1) is 0 Å². The average Bonchev–Trinajstić information content (AvgIpc) is 1.82. The number of carbonyl (C=O) groups is 1. The van der Waals surface area contributed by atoms with Gasteiger partial charge >= 0.3 is 5.97 Å². The molecule has 10 heavy (non-hydrogen) atoms. The van der Waals surface area contributed by atoms with Gasteiger partial charge in [0.25, 0.3) is 0 Å². The number of aliphatic hydroxyl groups is 1. The van der Waals surface area contributed by atoms with Gasteiger partial charge in [0.1, 0.15) is 0 Å². The fourth-order valence-electron chi connectivity index (χ4n) is 0.410. The molecule has 0 aliphatic rings. The lowest BCUT2D eigenvalue weighted by molar-refractivity contribution is -0.139. The van der Waals surface area contributed by atoms with Crippen molar-refractivity contribution in [2.45, 2.75) is 20.0 Å². The van der Waals surface area contributed by atoms with Gasteiger partial charge in [0.2, 0.25) is 0 Å². The zero-order chi connectivity index (χ0) is 8.15. The van der Waals surface area contributed by atoms with Crippen LogP contribution in [0.5, 0.6) is 0 Å². The normalized spacial score (nSPS) is 17.1. The number of hydrogen-bond acceptors (Lipinski definition) is 2. The van der Waals surface area contributed by atoms with Crippen LogP contribution in [-0.2, 0) is 4.79 Å². The third-order valence-electron chi connectivity index (χ3n) is 1.07. The summed E-state index contributed by atoms with van der Waals surface area (Å²) in [7, 11) is 0. The maximum atomic E-state index is 10.2. The van der Waals surface area contributed by atoms with E-state index in [0.29, 0.717) is 0 Å². The zero-order valence-electron chi connectivity index (χ0n) is 6.11. The quantitative estimate of drug-likeness (QED) is 0.571. The SMILES string of the molecule is CC(O)/C=C/C(C)C(=O)O. The molecule has 2 N–H and O–H groups in total. The van der Waals surface area contributed by atoms with Crippen molar-refractivity contribution in [1.82, 2.24) is 0 Å². The molecule has 0 aromatic carbocycles. The van der Waals surface area contributed by atoms with E-state index in [-0.39, 0.29) is 0 Å². The molecule has 0 saturated heterocycles. The van der Waals surface area contributed by atoms with E-state index in [4.69, 9.17) is 10.2 Å². The van der Waals surface area contributed by atoms with E-state index in [0.717, 1.165) is 0 Å². The van der Waals surface area contributed by atoms with Crippen LogP contribution in [-0.4, -0.2) is 22.3 Å². The van der Waals surface area contributed by atoms with Crippen LogP contribution in [0.2, 0.25) is 0 Å². The second kappa shape index (κ2) is 4.06. The van der Waals surface area contributed by atoms with Crippen molar-refractivity contribution >= 4 is 5.97 Å². The molecule has 2 atom stereocenters. The van der Waals surface area contributed by atoms with Crippen LogP contribution in [0.1, 0.15) is 13.8 Å². The maximum absolute atomic E-state index is 10.2. The Hall–Kier alpha value is -0.830. The molecular weight excluding hydrogens is 132 g/mol. The Morgan fingerprint density at radius 3 is 2.20 bits per heavy atom. The summed E-state index contributed by atoms with van der Waals surface area (Å²) >= 11 is 0. The highest BCUT2D eigenvalue weighted by Crippen LogP contribution is 1.97. The summed E-state index contributed by atoms with van der Waals surface area (Å²) in [5.74, 6) is -1.40. The summed E-state index contributed by atoms with van der Waals surface area (Å²) in [4.78, 5) is 10.2. The lowest BCUT2D eigenvalue weighted by Crippen LogP contribution is -2.06. The molecule has 0 saturated carbocycles. The number of carboxylic acid groups (broad SMARTS) is 1. The molecule has 0 aliphatic heterocycles. The van der Waals surface area contributed by atoms with Crippen molar-refractivity contribution in [2.24, 2.45) is 5.92 Å². The predicted octanol–water partition coefficient (Wildman–Crippen LogP) is 0.644. The first-order valence-electron chi connectivity index (χ1n) is 3.13. The number of aliphatic hydroxyl groups excluding tert-OH is 1. The van der Waals surface area contributed by atoms with Crippen LogP contribution in [0.25, 0.3) is 0 Å². The molecule has 58 valence electrons. The van der Waals surface area contributed by atoms with Crippen molar-refractivity contribution in [3.05, 3.63) is 12.2 Å². The van der Waals surface area contributed by atoms with E-state index in [1.54, 1.807) is 13.8 Å². The zero-order valence-corrected chi connectivity index (χ0v) is 6.11. The third kappa shape index (κ3) is 4.09. The molecule has 0 fully saturated rings. The lowest BCUT2D eigenvalue weighted by Gasteiger charge is -1.98. The minimum absolute atomic E-state index is 0.519. The summed E-state index contributed by atoms with van der Waals surface area (Å²) in [6.45, 7) is 3.13. The molecule has 0 aromatic rings. The van der Waals surface area contributed by atoms with Crippen molar-refractivity contribution in [1.29, 1.82) is 0 Å². The molecule has 3 heteroatoms. The molecular formula is C7H12O3. The van der Waals surface area contributed by atoms with Gasteiger partial charge in [0, 0.05) is 0 Å². The van der Waals surface area contributed by atoms with E-state index < -0.39 is 18.0 Å². The lowest BCUT2D eigenvalue weighted by atomic mass is 10.1. The fraction of sp³-hybridized carbons (Fsp3) is 0.571. The van der Waals surface area contributed by atoms with Crippen LogP contribution in [0.15, 0.2) is 12.2 Å². The third-order valence-corrected chi connectivity index (χ3v) is 1.07. The highest BCUT2D eigenvalue weighted by Gasteiger charge is 2.04. The highest BCUT2D eigenvalue weighted by molar-refractivity contribution is 5.71. The first-order chi connectivity index (χ1) is 4.54. The van der Waals surface area contributed by atoms with Crippen LogP contribution in [0.4, 0.5) is 0 Å². The van der Waals surface area contributed by atoms with Crippen molar-refractivity contribution < 1.29 is 15.0 Å². The summed E-state index contributed by atoms with van der Waals surface area (Å²) in [5.41, 5.74) is 0. The standard InChI is InChI=1S/C7H12O3/c1-5(7(9)10)3-4-6(2)8/h3-6,8H,1-2H3,(H,9,10)/b4-3+. The predicted molar refractivity (Wildman–Crippen MR) is 37.6 cm³/mol. The molecule has 0 aromatic heterocycles. The molecule has 3 nitrogen and oxygen atoms in total. The van der Waals surface area contributed by atoms with Crippen LogP contribution in [0, 0.1) is 5.92 Å². The Labute approximate surface area is 60.0 Å². The number of carboxylic acids is 1. The molecule has 0 rings (SSSR count). The van der Waals surface area contributed by atoms with Crippen molar-refractivity contribution in [3.63, 3.8) is 0 Å². The van der Waals surface area contributed by atoms with Crippen molar-refractivity contribution in [3.8, 4) is 0 Å². The van der Waals surface area contributed by atoms with Crippen molar-refractivity contribution in [2.75, 3.05) is 0 Å². The van der Waals surface area contributed by atoms with Crippen LogP contribution < -0.4 is 0 Å². The number of rotatable bonds is 3. The summed E-state index contributed by atoms with van der Waals surface area (Å²) in [5, 5.41) is 17.1. The van der Waals surface area contributed by atoms with Gasteiger partial charge in [-0.05, 0) is 13.8 Å². The Kier molecular flexibility index (Phi) is 3.72. The van der Waals surface area contributed by atoms with Gasteiger partial charge in [0.05, 0.1) is 12.0 Å². The topological polar surface area (TPSA) is 57.5 Å². The maximum Gasteiger partial charge on any atom is 0.310 e. The molecule has 0 spiro atoms. The highest BCUT2D eigenvalue weighted by atomic mass is 16.4. The Balaban J connectivity index is 3.77.